The fourth-order valence-electron chi connectivity index (χ4n) is 3.67. The fraction of sp³-hybridized carbons (Fsp3) is 0.231. The summed E-state index contributed by atoms with van der Waals surface area (Å²) in [4.78, 5) is 41.5. The van der Waals surface area contributed by atoms with E-state index < -0.39 is 17.9 Å². The van der Waals surface area contributed by atoms with Crippen molar-refractivity contribution in [1.29, 1.82) is 0 Å². The first-order chi connectivity index (χ1) is 16.9. The molecule has 0 aliphatic carbocycles. The number of thiazole rings is 1. The Kier molecular flexibility index (Phi) is 7.26. The van der Waals surface area contributed by atoms with Gasteiger partial charge in [-0.2, -0.15) is 0 Å². The van der Waals surface area contributed by atoms with Gasteiger partial charge in [-0.3, -0.25) is 9.59 Å². The lowest BCUT2D eigenvalue weighted by Crippen LogP contribution is -2.44. The maximum atomic E-state index is 13.1. The fourth-order valence-corrected chi connectivity index (χ4v) is 4.47. The van der Waals surface area contributed by atoms with Gasteiger partial charge in [0.1, 0.15) is 28.6 Å². The number of ether oxygens (including phenoxy) is 1. The van der Waals surface area contributed by atoms with Gasteiger partial charge in [0, 0.05) is 23.6 Å². The maximum absolute atomic E-state index is 13.1. The second-order valence-corrected chi connectivity index (χ2v) is 8.88. The lowest BCUT2D eigenvalue weighted by Gasteiger charge is -2.16. The van der Waals surface area contributed by atoms with Crippen LogP contribution in [0.25, 0.3) is 21.5 Å². The second-order valence-electron chi connectivity index (χ2n) is 8.02. The number of benzene rings is 2. The normalized spacial score (nSPS) is 11.8. The Bertz CT molecular complexity index is 1430. The summed E-state index contributed by atoms with van der Waals surface area (Å²) in [7, 11) is 0. The van der Waals surface area contributed by atoms with Crippen molar-refractivity contribution < 1.29 is 23.8 Å². The zero-order valence-electron chi connectivity index (χ0n) is 19.2. The summed E-state index contributed by atoms with van der Waals surface area (Å²) >= 11 is 1.37. The van der Waals surface area contributed by atoms with Crippen molar-refractivity contribution in [3.05, 3.63) is 81.2 Å². The van der Waals surface area contributed by atoms with Gasteiger partial charge in [-0.25, -0.2) is 9.78 Å². The number of hydrogen-bond donors (Lipinski definition) is 2. The van der Waals surface area contributed by atoms with Gasteiger partial charge in [-0.15, -0.1) is 11.3 Å². The Morgan fingerprint density at radius 1 is 1.23 bits per heavy atom. The molecular formula is C26H24N2O6S. The molecule has 2 aromatic carbocycles. The molecule has 4 rings (SSSR count). The molecule has 4 aromatic rings. The highest BCUT2D eigenvalue weighted by Crippen LogP contribution is 2.28. The van der Waals surface area contributed by atoms with Crippen molar-refractivity contribution in [2.45, 2.75) is 32.7 Å². The quantitative estimate of drug-likeness (QED) is 0.363. The summed E-state index contributed by atoms with van der Waals surface area (Å²) in [6.07, 6.45) is 2.09. The van der Waals surface area contributed by atoms with Crippen LogP contribution in [0.4, 0.5) is 0 Å². The highest BCUT2D eigenvalue weighted by Gasteiger charge is 2.21. The van der Waals surface area contributed by atoms with Gasteiger partial charge >= 0.3 is 5.97 Å². The van der Waals surface area contributed by atoms with E-state index in [-0.39, 0.29) is 18.5 Å². The number of nitrogens with zero attached hydrogens (tertiary/aromatic N) is 1. The SMILES string of the molecule is CCc1cc2c(=O)c(-c3nc(C)cs3)coc2cc1OCC(=O)N[C@H](Cc1ccccc1)C(=O)O. The number of nitrogens with one attached hydrogen (secondary N) is 1. The van der Waals surface area contributed by atoms with Crippen molar-refractivity contribution in [3.8, 4) is 16.3 Å². The minimum atomic E-state index is -1.13. The van der Waals surface area contributed by atoms with E-state index >= 15 is 0 Å². The molecule has 0 saturated carbocycles. The van der Waals surface area contributed by atoms with Crippen molar-refractivity contribution in [2.75, 3.05) is 6.61 Å². The highest BCUT2D eigenvalue weighted by molar-refractivity contribution is 7.13. The molecule has 180 valence electrons. The van der Waals surface area contributed by atoms with E-state index in [0.717, 1.165) is 16.8 Å². The van der Waals surface area contributed by atoms with Crippen molar-refractivity contribution in [2.24, 2.45) is 0 Å². The third-order valence-electron chi connectivity index (χ3n) is 5.46. The minimum Gasteiger partial charge on any atom is -0.483 e. The summed E-state index contributed by atoms with van der Waals surface area (Å²) in [5, 5.41) is 14.9. The molecule has 0 unspecified atom stereocenters. The van der Waals surface area contributed by atoms with E-state index in [9.17, 15) is 19.5 Å². The zero-order valence-corrected chi connectivity index (χ0v) is 20.1. The second kappa shape index (κ2) is 10.5. The molecule has 35 heavy (non-hydrogen) atoms. The van der Waals surface area contributed by atoms with Crippen LogP contribution in [0.1, 0.15) is 23.7 Å². The molecule has 0 bridgehead atoms. The average Bonchev–Trinajstić information content (AvgIpc) is 3.28. The molecule has 1 atom stereocenters. The van der Waals surface area contributed by atoms with E-state index in [1.165, 1.54) is 17.6 Å². The van der Waals surface area contributed by atoms with Crippen LogP contribution < -0.4 is 15.5 Å². The van der Waals surface area contributed by atoms with Gasteiger partial charge in [0.05, 0.1) is 10.9 Å². The molecule has 2 aromatic heterocycles. The maximum Gasteiger partial charge on any atom is 0.326 e. The summed E-state index contributed by atoms with van der Waals surface area (Å²) in [6, 6.07) is 11.3. The number of aromatic nitrogens is 1. The monoisotopic (exact) mass is 492 g/mol. The first-order valence-electron chi connectivity index (χ1n) is 11.1. The average molecular weight is 493 g/mol. The van der Waals surface area contributed by atoms with Crippen molar-refractivity contribution >= 4 is 34.2 Å². The number of aryl methyl sites for hydroxylation is 2. The number of carbonyl (C=O) groups is 2. The van der Waals surface area contributed by atoms with Crippen LogP contribution in [0.15, 0.2) is 63.3 Å². The number of carboxylic acids is 1. The van der Waals surface area contributed by atoms with Crippen LogP contribution in [-0.2, 0) is 22.4 Å². The van der Waals surface area contributed by atoms with Gasteiger partial charge in [-0.1, -0.05) is 37.3 Å². The molecule has 0 fully saturated rings. The first kappa shape index (κ1) is 24.2. The Labute approximate surface area is 205 Å². The van der Waals surface area contributed by atoms with E-state index in [1.54, 1.807) is 24.3 Å². The lowest BCUT2D eigenvalue weighted by molar-refractivity contribution is -0.142. The summed E-state index contributed by atoms with van der Waals surface area (Å²) in [5.41, 5.74) is 2.88. The Hall–Kier alpha value is -3.98. The number of carboxylic acid groups (broad SMARTS) is 1. The predicted molar refractivity (Wildman–Crippen MR) is 133 cm³/mol. The van der Waals surface area contributed by atoms with Crippen LogP contribution in [0.5, 0.6) is 5.75 Å². The number of rotatable bonds is 9. The topological polar surface area (TPSA) is 119 Å². The molecule has 0 aliphatic rings. The number of hydrogen-bond acceptors (Lipinski definition) is 7. The van der Waals surface area contributed by atoms with Gasteiger partial charge < -0.3 is 19.6 Å². The minimum absolute atomic E-state index is 0.157. The molecule has 2 N–H and O–H groups in total. The molecule has 0 aliphatic heterocycles. The summed E-state index contributed by atoms with van der Waals surface area (Å²) in [6.45, 7) is 3.39. The molecule has 0 spiro atoms. The Balaban J connectivity index is 1.51. The number of amides is 1. The van der Waals surface area contributed by atoms with Crippen LogP contribution in [-0.4, -0.2) is 34.6 Å². The van der Waals surface area contributed by atoms with E-state index in [1.807, 2.05) is 37.4 Å². The van der Waals surface area contributed by atoms with Crippen molar-refractivity contribution in [3.63, 3.8) is 0 Å². The molecule has 0 radical (unpaired) electrons. The molecule has 9 heteroatoms. The molecule has 0 saturated heterocycles. The molecule has 2 heterocycles. The van der Waals surface area contributed by atoms with Crippen LogP contribution in [0.3, 0.4) is 0 Å². The first-order valence-corrected chi connectivity index (χ1v) is 11.9. The van der Waals surface area contributed by atoms with Gasteiger partial charge in [0.25, 0.3) is 5.91 Å². The number of fused-ring (bicyclic) bond motifs is 1. The Morgan fingerprint density at radius 2 is 2.00 bits per heavy atom. The lowest BCUT2D eigenvalue weighted by atomic mass is 10.1. The van der Waals surface area contributed by atoms with E-state index in [0.29, 0.717) is 33.7 Å². The molecular weight excluding hydrogens is 468 g/mol. The van der Waals surface area contributed by atoms with E-state index in [2.05, 4.69) is 10.3 Å². The number of aliphatic carboxylic acids is 1. The Morgan fingerprint density at radius 3 is 2.66 bits per heavy atom. The zero-order chi connectivity index (χ0) is 24.9. The van der Waals surface area contributed by atoms with Gasteiger partial charge in [0.2, 0.25) is 5.43 Å². The number of carbonyl (C=O) groups excluding carboxylic acids is 1. The third-order valence-corrected chi connectivity index (χ3v) is 6.45. The standard InChI is InChI=1S/C26H24N2O6S/c1-3-17-10-18-22(33-12-19(24(18)30)25-27-15(2)14-35-25)11-21(17)34-13-23(29)28-20(26(31)32)9-16-7-5-4-6-8-16/h4-8,10-12,14,20H,3,9,13H2,1-2H3,(H,28,29)(H,31,32)/t20-/m1/s1. The smallest absolute Gasteiger partial charge is 0.326 e. The van der Waals surface area contributed by atoms with Gasteiger partial charge in [-0.05, 0) is 30.5 Å². The van der Waals surface area contributed by atoms with Crippen LogP contribution in [0.2, 0.25) is 0 Å². The van der Waals surface area contributed by atoms with Gasteiger partial charge in [0.15, 0.2) is 6.61 Å². The molecule has 1 amide bonds. The third kappa shape index (κ3) is 5.58. The van der Waals surface area contributed by atoms with E-state index in [4.69, 9.17) is 9.15 Å². The van der Waals surface area contributed by atoms with Crippen LogP contribution in [0, 0.1) is 6.92 Å². The van der Waals surface area contributed by atoms with Crippen LogP contribution >= 0.6 is 11.3 Å². The predicted octanol–water partition coefficient (Wildman–Crippen LogP) is 3.98. The molecule has 8 nitrogen and oxygen atoms in total. The van der Waals surface area contributed by atoms with Crippen molar-refractivity contribution in [1.82, 2.24) is 10.3 Å². The highest BCUT2D eigenvalue weighted by atomic mass is 32.1. The largest absolute Gasteiger partial charge is 0.483 e. The summed E-state index contributed by atoms with van der Waals surface area (Å²) in [5.74, 6) is -1.30. The summed E-state index contributed by atoms with van der Waals surface area (Å²) < 4.78 is 11.4.